The maximum atomic E-state index is 14.5. The maximum absolute atomic E-state index is 14.5. The number of carbonyl (C=O) groups is 1. The summed E-state index contributed by atoms with van der Waals surface area (Å²) in [6.07, 6.45) is 0.586. The third-order valence-electron chi connectivity index (χ3n) is 4.86. The Morgan fingerprint density at radius 2 is 1.97 bits per heavy atom. The van der Waals surface area contributed by atoms with Crippen LogP contribution in [0.5, 0.6) is 0 Å². The van der Waals surface area contributed by atoms with Gasteiger partial charge in [-0.1, -0.05) is 6.92 Å². The maximum Gasteiger partial charge on any atom is 0.335 e. The van der Waals surface area contributed by atoms with Crippen LogP contribution in [0.4, 0.5) is 8.78 Å². The number of hydrogen-bond donors (Lipinski definition) is 1. The number of esters is 1. The lowest BCUT2D eigenvalue weighted by Crippen LogP contribution is -2.29. The lowest BCUT2D eigenvalue weighted by atomic mass is 9.83. The second-order valence-corrected chi connectivity index (χ2v) is 7.04. The van der Waals surface area contributed by atoms with Crippen LogP contribution in [0.3, 0.4) is 0 Å². The highest BCUT2D eigenvalue weighted by molar-refractivity contribution is 5.94. The van der Waals surface area contributed by atoms with Crippen LogP contribution in [0.1, 0.15) is 44.4 Å². The van der Waals surface area contributed by atoms with E-state index in [2.05, 4.69) is 10.2 Å². The smallest absolute Gasteiger partial charge is 0.335 e. The molecular formula is C22H20F2N2O4. The zero-order valence-corrected chi connectivity index (χ0v) is 17.0. The molecule has 1 aromatic heterocycles. The molecule has 0 saturated carbocycles. The van der Waals surface area contributed by atoms with Crippen LogP contribution in [-0.4, -0.2) is 12.6 Å². The molecule has 2 aromatic rings. The molecule has 2 heterocycles. The number of hydrogen-bond acceptors (Lipinski definition) is 5. The Labute approximate surface area is 171 Å². The molecule has 0 fully saturated rings. The summed E-state index contributed by atoms with van der Waals surface area (Å²) in [6, 6.07) is 1.93. The van der Waals surface area contributed by atoms with Gasteiger partial charge in [0.05, 0.1) is 24.7 Å². The third kappa shape index (κ3) is 3.47. The first-order valence-corrected chi connectivity index (χ1v) is 9.36. The molecule has 0 spiro atoms. The molecule has 1 atom stereocenters. The van der Waals surface area contributed by atoms with Crippen LogP contribution >= 0.6 is 0 Å². The van der Waals surface area contributed by atoms with Crippen molar-refractivity contribution < 1.29 is 22.7 Å². The first-order chi connectivity index (χ1) is 14.2. The fourth-order valence-corrected chi connectivity index (χ4v) is 3.60. The van der Waals surface area contributed by atoms with Gasteiger partial charge in [-0.15, -0.1) is 0 Å². The second-order valence-electron chi connectivity index (χ2n) is 7.04. The van der Waals surface area contributed by atoms with Crippen molar-refractivity contribution in [1.29, 1.82) is 0 Å². The number of ether oxygens (including phenoxy) is 1. The summed E-state index contributed by atoms with van der Waals surface area (Å²) in [4.78, 5) is 28.8. The van der Waals surface area contributed by atoms with Gasteiger partial charge in [0.2, 0.25) is 0 Å². The van der Waals surface area contributed by atoms with Gasteiger partial charge in [-0.3, -0.25) is 4.79 Å². The second kappa shape index (κ2) is 8.11. The van der Waals surface area contributed by atoms with Crippen LogP contribution in [0.2, 0.25) is 0 Å². The lowest BCUT2D eigenvalue weighted by molar-refractivity contribution is -0.139. The summed E-state index contributed by atoms with van der Waals surface area (Å²) in [5.74, 6) is -4.19. The lowest BCUT2D eigenvalue weighted by Gasteiger charge is -2.28. The highest BCUT2D eigenvalue weighted by Crippen LogP contribution is 2.42. The van der Waals surface area contributed by atoms with Gasteiger partial charge in [0.25, 0.3) is 0 Å². The van der Waals surface area contributed by atoms with E-state index in [9.17, 15) is 18.4 Å². The number of fused-ring (bicyclic) bond motifs is 1. The highest BCUT2D eigenvalue weighted by Gasteiger charge is 2.37. The Balaban J connectivity index is 2.40. The number of benzene rings is 1. The standard InChI is InChI=1S/C22H20F2N2O4/c1-6-7-29-22(28)16-11(3)26-12(4)20(25-5)17(16)13-9-14(23)19(24)18-15(27)8-10(2)30-21(13)18/h8-9,17,26H,6-7H2,1-4H3. The van der Waals surface area contributed by atoms with Gasteiger partial charge in [0, 0.05) is 23.0 Å². The first kappa shape index (κ1) is 21.2. The van der Waals surface area contributed by atoms with Crippen LogP contribution in [0, 0.1) is 25.1 Å². The van der Waals surface area contributed by atoms with Gasteiger partial charge in [0.1, 0.15) is 16.7 Å². The number of nitrogens with zero attached hydrogens (tertiary/aromatic N) is 1. The predicted molar refractivity (Wildman–Crippen MR) is 106 cm³/mol. The average molecular weight is 414 g/mol. The molecule has 0 aliphatic carbocycles. The van der Waals surface area contributed by atoms with Crippen molar-refractivity contribution >= 4 is 16.9 Å². The molecule has 0 bridgehead atoms. The van der Waals surface area contributed by atoms with Gasteiger partial charge >= 0.3 is 5.97 Å². The molecule has 1 unspecified atom stereocenters. The Morgan fingerprint density at radius 1 is 1.27 bits per heavy atom. The average Bonchev–Trinajstić information content (AvgIpc) is 2.67. The fourth-order valence-electron chi connectivity index (χ4n) is 3.60. The monoisotopic (exact) mass is 414 g/mol. The van der Waals surface area contributed by atoms with E-state index in [1.807, 2.05) is 6.92 Å². The molecule has 8 heteroatoms. The van der Waals surface area contributed by atoms with Gasteiger partial charge in [-0.05, 0) is 33.3 Å². The van der Waals surface area contributed by atoms with E-state index in [0.29, 0.717) is 17.8 Å². The van der Waals surface area contributed by atoms with Crippen molar-refractivity contribution in [1.82, 2.24) is 5.32 Å². The summed E-state index contributed by atoms with van der Waals surface area (Å²) in [5.41, 5.74) is 0.109. The predicted octanol–water partition coefficient (Wildman–Crippen LogP) is 4.44. The summed E-state index contributed by atoms with van der Waals surface area (Å²) in [7, 11) is 0. The third-order valence-corrected chi connectivity index (χ3v) is 4.86. The van der Waals surface area contributed by atoms with E-state index in [1.54, 1.807) is 13.8 Å². The van der Waals surface area contributed by atoms with Crippen LogP contribution in [-0.2, 0) is 9.53 Å². The number of rotatable bonds is 4. The van der Waals surface area contributed by atoms with Crippen molar-refractivity contribution in [2.45, 2.75) is 40.0 Å². The van der Waals surface area contributed by atoms with E-state index in [0.717, 1.165) is 12.1 Å². The molecule has 3 rings (SSSR count). The Bertz CT molecular complexity index is 1220. The van der Waals surface area contributed by atoms with Crippen molar-refractivity contribution in [3.8, 4) is 0 Å². The van der Waals surface area contributed by atoms with Crippen LogP contribution in [0.15, 0.2) is 44.0 Å². The fraction of sp³-hybridized carbons (Fsp3) is 0.318. The molecule has 1 N–H and O–H groups in total. The van der Waals surface area contributed by atoms with E-state index in [4.69, 9.17) is 15.7 Å². The minimum Gasteiger partial charge on any atom is -0.462 e. The number of allylic oxidation sites excluding steroid dienone is 3. The number of halogens is 2. The summed E-state index contributed by atoms with van der Waals surface area (Å²) in [6.45, 7) is 14.4. The summed E-state index contributed by atoms with van der Waals surface area (Å²) in [5, 5.41) is 2.41. The number of dihydropyridines is 1. The highest BCUT2D eigenvalue weighted by atomic mass is 19.2. The molecule has 0 radical (unpaired) electrons. The molecule has 1 aromatic carbocycles. The Morgan fingerprint density at radius 3 is 2.60 bits per heavy atom. The van der Waals surface area contributed by atoms with Gasteiger partial charge in [0.15, 0.2) is 22.8 Å². The molecule has 6 nitrogen and oxygen atoms in total. The van der Waals surface area contributed by atoms with Crippen LogP contribution in [0.25, 0.3) is 15.8 Å². The quantitative estimate of drug-likeness (QED) is 0.591. The van der Waals surface area contributed by atoms with Crippen molar-refractivity contribution in [2.75, 3.05) is 6.61 Å². The molecule has 30 heavy (non-hydrogen) atoms. The van der Waals surface area contributed by atoms with Crippen molar-refractivity contribution in [3.63, 3.8) is 0 Å². The molecule has 1 aliphatic rings. The molecule has 0 amide bonds. The minimum absolute atomic E-state index is 0.0133. The van der Waals surface area contributed by atoms with E-state index < -0.39 is 34.3 Å². The zero-order valence-electron chi connectivity index (χ0n) is 17.0. The van der Waals surface area contributed by atoms with Crippen molar-refractivity contribution in [3.05, 3.63) is 79.4 Å². The first-order valence-electron chi connectivity index (χ1n) is 9.36. The van der Waals surface area contributed by atoms with E-state index in [-0.39, 0.29) is 34.8 Å². The molecule has 1 aliphatic heterocycles. The van der Waals surface area contributed by atoms with Crippen LogP contribution < -0.4 is 10.7 Å². The van der Waals surface area contributed by atoms with E-state index in [1.165, 1.54) is 6.92 Å². The van der Waals surface area contributed by atoms with Gasteiger partial charge in [-0.25, -0.2) is 18.4 Å². The summed E-state index contributed by atoms with van der Waals surface area (Å²) < 4.78 is 39.9. The van der Waals surface area contributed by atoms with Gasteiger partial charge in [-0.2, -0.15) is 0 Å². The Kier molecular flexibility index (Phi) is 5.74. The summed E-state index contributed by atoms with van der Waals surface area (Å²) >= 11 is 0. The molecule has 0 saturated heterocycles. The zero-order chi connectivity index (χ0) is 22.2. The number of carbonyl (C=O) groups excluding carboxylic acids is 1. The van der Waals surface area contributed by atoms with E-state index >= 15 is 0 Å². The normalized spacial score (nSPS) is 16.5. The minimum atomic E-state index is -1.34. The SMILES string of the molecule is [C-]#[N+]C1=C(C)NC(C)=C(C(=O)OCCC)C1c1cc(F)c(F)c2c(=O)cc(C)oc12. The largest absolute Gasteiger partial charge is 0.462 e. The topological polar surface area (TPSA) is 72.9 Å². The van der Waals surface area contributed by atoms with Gasteiger partial charge < -0.3 is 14.5 Å². The Hall–Kier alpha value is -3.47. The molecule has 156 valence electrons. The number of nitrogens with one attached hydrogen (secondary N) is 1. The number of aryl methyl sites for hydroxylation is 1. The molecular weight excluding hydrogens is 394 g/mol. The van der Waals surface area contributed by atoms with Crippen molar-refractivity contribution in [2.24, 2.45) is 0 Å².